The maximum atomic E-state index is 11.9. The molecule has 0 spiro atoms. The first-order valence-electron chi connectivity index (χ1n) is 6.13. The number of hydrogen-bond acceptors (Lipinski definition) is 7. The molecule has 0 aliphatic carbocycles. The third-order valence-electron chi connectivity index (χ3n) is 2.61. The van der Waals surface area contributed by atoms with E-state index < -0.39 is 21.7 Å². The number of amides is 1. The summed E-state index contributed by atoms with van der Waals surface area (Å²) in [7, 11) is -3.89. The highest BCUT2D eigenvalue weighted by Crippen LogP contribution is 2.11. The standard InChI is InChI=1S/C12H14N4O4S/c1-8(2)10-4-3-9(5-13-10)12(17)16-21(18,19)6-11-14-7-20-15-11/h3-5,7-8H,6H2,1-2H3,(H,16,17). The molecule has 0 unspecified atom stereocenters. The number of nitrogens with one attached hydrogen (secondary N) is 1. The van der Waals surface area contributed by atoms with Crippen LogP contribution >= 0.6 is 0 Å². The lowest BCUT2D eigenvalue weighted by Gasteiger charge is -2.07. The molecule has 2 aromatic heterocycles. The lowest BCUT2D eigenvalue weighted by Crippen LogP contribution is -2.32. The number of aromatic nitrogens is 3. The minimum absolute atomic E-state index is 0.0245. The highest BCUT2D eigenvalue weighted by molar-refractivity contribution is 7.89. The first-order chi connectivity index (χ1) is 9.87. The van der Waals surface area contributed by atoms with Crippen molar-refractivity contribution in [3.63, 3.8) is 0 Å². The number of hydrogen-bond donors (Lipinski definition) is 1. The molecule has 0 fully saturated rings. The van der Waals surface area contributed by atoms with Crippen LogP contribution in [0.4, 0.5) is 0 Å². The van der Waals surface area contributed by atoms with Crippen LogP contribution < -0.4 is 4.72 Å². The molecule has 0 bridgehead atoms. The molecule has 112 valence electrons. The molecule has 0 radical (unpaired) electrons. The first-order valence-corrected chi connectivity index (χ1v) is 7.78. The summed E-state index contributed by atoms with van der Waals surface area (Å²) in [6.07, 6.45) is 2.36. The van der Waals surface area contributed by atoms with Crippen molar-refractivity contribution in [3.8, 4) is 0 Å². The Kier molecular flexibility index (Phi) is 4.32. The smallest absolute Gasteiger partial charge is 0.266 e. The molecule has 2 rings (SSSR count). The second-order valence-corrected chi connectivity index (χ2v) is 6.39. The molecule has 1 N–H and O–H groups in total. The molecule has 0 saturated carbocycles. The minimum atomic E-state index is -3.89. The fourth-order valence-corrected chi connectivity index (χ4v) is 2.48. The second kappa shape index (κ2) is 6.00. The monoisotopic (exact) mass is 310 g/mol. The van der Waals surface area contributed by atoms with E-state index in [1.807, 2.05) is 18.6 Å². The van der Waals surface area contributed by atoms with Gasteiger partial charge in [0.2, 0.25) is 16.4 Å². The van der Waals surface area contributed by atoms with Crippen molar-refractivity contribution < 1.29 is 17.7 Å². The van der Waals surface area contributed by atoms with Crippen LogP contribution in [0.3, 0.4) is 0 Å². The predicted octanol–water partition coefficient (Wildman–Crippen LogP) is 0.848. The molecule has 21 heavy (non-hydrogen) atoms. The average molecular weight is 310 g/mol. The van der Waals surface area contributed by atoms with Gasteiger partial charge in [0, 0.05) is 11.9 Å². The Morgan fingerprint density at radius 1 is 1.33 bits per heavy atom. The van der Waals surface area contributed by atoms with E-state index in [0.29, 0.717) is 0 Å². The molecular weight excluding hydrogens is 296 g/mol. The molecule has 0 aliphatic rings. The summed E-state index contributed by atoms with van der Waals surface area (Å²) < 4.78 is 29.9. The van der Waals surface area contributed by atoms with Gasteiger partial charge in [0.05, 0.1) is 5.56 Å². The quantitative estimate of drug-likeness (QED) is 0.870. The minimum Gasteiger partial charge on any atom is -0.343 e. The average Bonchev–Trinajstić information content (AvgIpc) is 2.90. The Morgan fingerprint density at radius 3 is 2.62 bits per heavy atom. The zero-order valence-electron chi connectivity index (χ0n) is 11.5. The summed E-state index contributed by atoms with van der Waals surface area (Å²) >= 11 is 0. The fraction of sp³-hybridized carbons (Fsp3) is 0.333. The number of carbonyl (C=O) groups is 1. The maximum Gasteiger partial charge on any atom is 0.266 e. The van der Waals surface area contributed by atoms with Gasteiger partial charge in [-0.2, -0.15) is 4.98 Å². The summed E-state index contributed by atoms with van der Waals surface area (Å²) in [6, 6.07) is 3.22. The Balaban J connectivity index is 2.06. The van der Waals surface area contributed by atoms with E-state index in [1.165, 1.54) is 12.3 Å². The Hall–Kier alpha value is -2.29. The van der Waals surface area contributed by atoms with E-state index in [0.717, 1.165) is 12.1 Å². The van der Waals surface area contributed by atoms with Crippen LogP contribution in [0, 0.1) is 0 Å². The SMILES string of the molecule is CC(C)c1ccc(C(=O)NS(=O)(=O)Cc2ncon2)cn1. The predicted molar refractivity (Wildman–Crippen MR) is 72.7 cm³/mol. The molecule has 8 nitrogen and oxygen atoms in total. The highest BCUT2D eigenvalue weighted by Gasteiger charge is 2.19. The largest absolute Gasteiger partial charge is 0.343 e. The zero-order valence-corrected chi connectivity index (χ0v) is 12.3. The van der Waals surface area contributed by atoms with Gasteiger partial charge >= 0.3 is 0 Å². The molecule has 2 aromatic rings. The van der Waals surface area contributed by atoms with Gasteiger partial charge in [-0.25, -0.2) is 13.1 Å². The molecule has 0 aliphatic heterocycles. The lowest BCUT2D eigenvalue weighted by atomic mass is 10.1. The van der Waals surface area contributed by atoms with E-state index in [1.54, 1.807) is 6.07 Å². The Bertz CT molecular complexity index is 708. The number of rotatable bonds is 5. The molecule has 0 atom stereocenters. The van der Waals surface area contributed by atoms with Gasteiger partial charge in [0.15, 0.2) is 5.82 Å². The van der Waals surface area contributed by atoms with Gasteiger partial charge < -0.3 is 4.52 Å². The van der Waals surface area contributed by atoms with Crippen LogP contribution in [0.1, 0.15) is 41.6 Å². The van der Waals surface area contributed by atoms with Crippen LogP contribution in [0.2, 0.25) is 0 Å². The summed E-state index contributed by atoms with van der Waals surface area (Å²) in [5, 5.41) is 3.38. The second-order valence-electron chi connectivity index (χ2n) is 4.66. The number of nitrogens with zero attached hydrogens (tertiary/aromatic N) is 3. The topological polar surface area (TPSA) is 115 Å². The first kappa shape index (κ1) is 15.1. The van der Waals surface area contributed by atoms with Gasteiger partial charge in [0.25, 0.3) is 5.91 Å². The van der Waals surface area contributed by atoms with Gasteiger partial charge in [0.1, 0.15) is 5.75 Å². The van der Waals surface area contributed by atoms with Gasteiger partial charge in [-0.05, 0) is 18.1 Å². The van der Waals surface area contributed by atoms with Crippen molar-refractivity contribution in [1.82, 2.24) is 19.8 Å². The third kappa shape index (κ3) is 4.09. The van der Waals surface area contributed by atoms with E-state index >= 15 is 0 Å². The van der Waals surface area contributed by atoms with Crippen molar-refractivity contribution in [3.05, 3.63) is 41.8 Å². The summed E-state index contributed by atoms with van der Waals surface area (Å²) in [5.74, 6) is -1.08. The number of carbonyl (C=O) groups excluding carboxylic acids is 1. The van der Waals surface area contributed by atoms with E-state index in [9.17, 15) is 13.2 Å². The third-order valence-corrected chi connectivity index (χ3v) is 3.75. The van der Waals surface area contributed by atoms with Crippen LogP contribution in [0.25, 0.3) is 0 Å². The van der Waals surface area contributed by atoms with Gasteiger partial charge in [-0.1, -0.05) is 19.0 Å². The Labute approximate surface area is 121 Å². The summed E-state index contributed by atoms with van der Waals surface area (Å²) in [5.41, 5.74) is 0.984. The summed E-state index contributed by atoms with van der Waals surface area (Å²) in [4.78, 5) is 19.6. The summed E-state index contributed by atoms with van der Waals surface area (Å²) in [6.45, 7) is 3.94. The van der Waals surface area contributed by atoms with E-state index in [2.05, 4.69) is 19.6 Å². The Morgan fingerprint density at radius 2 is 2.10 bits per heavy atom. The van der Waals surface area contributed by atoms with Gasteiger partial charge in [-0.15, -0.1) is 0 Å². The molecule has 9 heteroatoms. The molecule has 0 aromatic carbocycles. The molecule has 1 amide bonds. The van der Waals surface area contributed by atoms with Crippen LogP contribution in [-0.2, 0) is 15.8 Å². The van der Waals surface area contributed by atoms with Crippen LogP contribution in [0.15, 0.2) is 29.2 Å². The normalized spacial score (nSPS) is 11.6. The number of pyridine rings is 1. The van der Waals surface area contributed by atoms with E-state index in [4.69, 9.17) is 0 Å². The van der Waals surface area contributed by atoms with Crippen molar-refractivity contribution in [1.29, 1.82) is 0 Å². The fourth-order valence-electron chi connectivity index (χ4n) is 1.54. The van der Waals surface area contributed by atoms with Crippen LogP contribution in [-0.4, -0.2) is 29.4 Å². The molecular formula is C12H14N4O4S. The van der Waals surface area contributed by atoms with Crippen LogP contribution in [0.5, 0.6) is 0 Å². The van der Waals surface area contributed by atoms with Crippen molar-refractivity contribution in [2.75, 3.05) is 0 Å². The molecule has 0 saturated heterocycles. The molecule has 2 heterocycles. The maximum absolute atomic E-state index is 11.9. The van der Waals surface area contributed by atoms with Gasteiger partial charge in [-0.3, -0.25) is 9.78 Å². The zero-order chi connectivity index (χ0) is 15.5. The van der Waals surface area contributed by atoms with Crippen molar-refractivity contribution in [2.45, 2.75) is 25.5 Å². The van der Waals surface area contributed by atoms with E-state index in [-0.39, 0.29) is 17.3 Å². The van der Waals surface area contributed by atoms with Crippen molar-refractivity contribution in [2.24, 2.45) is 0 Å². The lowest BCUT2D eigenvalue weighted by molar-refractivity contribution is 0.0981. The number of sulfonamides is 1. The van der Waals surface area contributed by atoms with Crippen molar-refractivity contribution >= 4 is 15.9 Å². The highest BCUT2D eigenvalue weighted by atomic mass is 32.2.